The Kier molecular flexibility index (Phi) is 7.87. The molecular weight excluding hydrogens is 522 g/mol. The van der Waals surface area contributed by atoms with Crippen molar-refractivity contribution in [1.29, 1.82) is 0 Å². The molecule has 0 bridgehead atoms. The molecule has 0 radical (unpaired) electrons. The Labute approximate surface area is 211 Å². The van der Waals surface area contributed by atoms with Gasteiger partial charge >= 0.3 is 0 Å². The quantitative estimate of drug-likeness (QED) is 0.344. The summed E-state index contributed by atoms with van der Waals surface area (Å²) in [5.74, 6) is 0.190. The highest BCUT2D eigenvalue weighted by Gasteiger charge is 2.19. The van der Waals surface area contributed by atoms with E-state index in [4.69, 9.17) is 16.3 Å². The van der Waals surface area contributed by atoms with E-state index in [-0.39, 0.29) is 11.7 Å². The van der Waals surface area contributed by atoms with E-state index in [0.29, 0.717) is 33.8 Å². The fourth-order valence-corrected chi connectivity index (χ4v) is 4.54. The Balaban J connectivity index is 1.25. The maximum Gasteiger partial charge on any atom is 0.241 e. The van der Waals surface area contributed by atoms with E-state index in [1.54, 1.807) is 12.1 Å². The lowest BCUT2D eigenvalue weighted by molar-refractivity contribution is -0.121. The van der Waals surface area contributed by atoms with Gasteiger partial charge in [-0.2, -0.15) is 5.10 Å². The summed E-state index contributed by atoms with van der Waals surface area (Å²) in [6.45, 7) is 4.16. The number of hydrogen-bond donors (Lipinski definition) is 2. The number of nitrogens with one attached hydrogen (secondary N) is 1. The minimum atomic E-state index is -0.152. The summed E-state index contributed by atoms with van der Waals surface area (Å²) in [7, 11) is 1.47. The third kappa shape index (κ3) is 5.78. The molecule has 2 N–H and O–H groups in total. The lowest BCUT2D eigenvalue weighted by Gasteiger charge is -2.36. The molecule has 4 rings (SSSR count). The van der Waals surface area contributed by atoms with E-state index < -0.39 is 0 Å². The zero-order chi connectivity index (χ0) is 24.1. The molecule has 10 heteroatoms. The molecule has 2 heterocycles. The number of ether oxygens (including phenoxy) is 1. The number of aromatic hydroxyl groups is 1. The second-order valence-electron chi connectivity index (χ2n) is 7.92. The summed E-state index contributed by atoms with van der Waals surface area (Å²) >= 11 is 9.37. The number of phenols is 1. The Hall–Kier alpha value is -2.88. The van der Waals surface area contributed by atoms with Crippen molar-refractivity contribution in [2.24, 2.45) is 5.10 Å². The van der Waals surface area contributed by atoms with E-state index in [2.05, 4.69) is 41.2 Å². The fourth-order valence-electron chi connectivity index (χ4n) is 3.91. The lowest BCUT2D eigenvalue weighted by atomic mass is 10.1. The van der Waals surface area contributed by atoms with Crippen molar-refractivity contribution in [3.8, 4) is 11.5 Å². The number of nitrogens with zero attached hydrogens (tertiary/aromatic N) is 4. The SMILES string of the molecule is COc1cc(/C=N/NC(=O)CCN2CCN(c3ccnc4cc(Cl)ccc34)CC2)cc(Br)c1O. The Morgan fingerprint density at radius 3 is 2.82 bits per heavy atom. The van der Waals surface area contributed by atoms with Gasteiger partial charge in [0.05, 0.1) is 23.3 Å². The number of aromatic nitrogens is 1. The van der Waals surface area contributed by atoms with Gasteiger partial charge < -0.3 is 14.7 Å². The van der Waals surface area contributed by atoms with Gasteiger partial charge in [-0.05, 0) is 57.9 Å². The highest BCUT2D eigenvalue weighted by atomic mass is 79.9. The fraction of sp³-hybridized carbons (Fsp3) is 0.292. The summed E-state index contributed by atoms with van der Waals surface area (Å²) in [6.07, 6.45) is 3.68. The first-order chi connectivity index (χ1) is 16.4. The number of anilines is 1. The summed E-state index contributed by atoms with van der Waals surface area (Å²) in [6, 6.07) is 11.2. The standard InChI is InChI=1S/C24H25BrClN5O3/c1-34-22-13-16(12-19(25)24(22)33)15-28-29-23(32)5-7-30-8-10-31(11-9-30)21-4-6-27-20-14-17(26)2-3-18(20)21/h2-4,6,12-15,33H,5,7-11H2,1H3,(H,29,32)/b28-15+. The van der Waals surface area contributed by atoms with Gasteiger partial charge in [-0.3, -0.25) is 14.7 Å². The molecule has 34 heavy (non-hydrogen) atoms. The minimum Gasteiger partial charge on any atom is -0.503 e. The Morgan fingerprint density at radius 2 is 2.06 bits per heavy atom. The number of benzene rings is 2. The van der Waals surface area contributed by atoms with Crippen LogP contribution in [-0.4, -0.2) is 66.9 Å². The molecule has 0 aliphatic carbocycles. The molecule has 2 aromatic carbocycles. The normalized spacial score (nSPS) is 14.6. The second-order valence-corrected chi connectivity index (χ2v) is 9.21. The monoisotopic (exact) mass is 545 g/mol. The van der Waals surface area contributed by atoms with Crippen LogP contribution in [-0.2, 0) is 4.79 Å². The highest BCUT2D eigenvalue weighted by Crippen LogP contribution is 2.34. The van der Waals surface area contributed by atoms with E-state index in [1.165, 1.54) is 13.3 Å². The lowest BCUT2D eigenvalue weighted by Crippen LogP contribution is -2.47. The number of fused-ring (bicyclic) bond motifs is 1. The molecule has 0 spiro atoms. The molecule has 178 valence electrons. The van der Waals surface area contributed by atoms with Crippen LogP contribution in [0.15, 0.2) is 52.2 Å². The van der Waals surface area contributed by atoms with Crippen LogP contribution in [0.5, 0.6) is 11.5 Å². The third-order valence-corrected chi connectivity index (χ3v) is 6.56. The first-order valence-electron chi connectivity index (χ1n) is 10.8. The number of halogens is 2. The van der Waals surface area contributed by atoms with E-state index in [1.807, 2.05) is 30.5 Å². The van der Waals surface area contributed by atoms with Crippen LogP contribution in [0.4, 0.5) is 5.69 Å². The second kappa shape index (κ2) is 11.0. The Morgan fingerprint density at radius 1 is 1.26 bits per heavy atom. The van der Waals surface area contributed by atoms with Crippen molar-refractivity contribution < 1.29 is 14.6 Å². The number of hydrazone groups is 1. The molecule has 3 aromatic rings. The van der Waals surface area contributed by atoms with Crippen molar-refractivity contribution >= 4 is 56.2 Å². The van der Waals surface area contributed by atoms with Gasteiger partial charge in [0.15, 0.2) is 11.5 Å². The molecule has 0 saturated carbocycles. The van der Waals surface area contributed by atoms with Crippen LogP contribution in [0.3, 0.4) is 0 Å². The first-order valence-corrected chi connectivity index (χ1v) is 12.0. The first kappa shape index (κ1) is 24.3. The van der Waals surface area contributed by atoms with E-state index >= 15 is 0 Å². The van der Waals surface area contributed by atoms with Gasteiger partial charge in [-0.15, -0.1) is 0 Å². The maximum absolute atomic E-state index is 12.2. The molecular formula is C24H25BrClN5O3. The predicted octanol–water partition coefficient (Wildman–Crippen LogP) is 4.03. The zero-order valence-electron chi connectivity index (χ0n) is 18.7. The summed E-state index contributed by atoms with van der Waals surface area (Å²) in [4.78, 5) is 21.3. The van der Waals surface area contributed by atoms with Crippen molar-refractivity contribution in [2.75, 3.05) is 44.7 Å². The molecule has 1 saturated heterocycles. The van der Waals surface area contributed by atoms with Crippen LogP contribution < -0.4 is 15.1 Å². The van der Waals surface area contributed by atoms with Crippen LogP contribution in [0.2, 0.25) is 5.02 Å². The number of pyridine rings is 1. The van der Waals surface area contributed by atoms with E-state index in [9.17, 15) is 9.90 Å². The zero-order valence-corrected chi connectivity index (χ0v) is 21.0. The van der Waals surface area contributed by atoms with Crippen molar-refractivity contribution in [3.05, 3.63) is 57.7 Å². The van der Waals surface area contributed by atoms with Gasteiger partial charge in [0.2, 0.25) is 5.91 Å². The van der Waals surface area contributed by atoms with Crippen LogP contribution in [0.25, 0.3) is 10.9 Å². The molecule has 1 aliphatic rings. The van der Waals surface area contributed by atoms with Gasteiger partial charge in [0.25, 0.3) is 0 Å². The summed E-state index contributed by atoms with van der Waals surface area (Å²) in [5.41, 5.74) is 5.29. The average Bonchev–Trinajstić information content (AvgIpc) is 2.84. The Bertz CT molecular complexity index is 1210. The van der Waals surface area contributed by atoms with Crippen LogP contribution in [0.1, 0.15) is 12.0 Å². The number of amides is 1. The van der Waals surface area contributed by atoms with Crippen LogP contribution >= 0.6 is 27.5 Å². The molecule has 1 fully saturated rings. The van der Waals surface area contributed by atoms with Gasteiger partial charge in [0, 0.05) is 61.4 Å². The van der Waals surface area contributed by atoms with Crippen molar-refractivity contribution in [1.82, 2.24) is 15.3 Å². The number of carbonyl (C=O) groups is 1. The molecule has 1 aromatic heterocycles. The molecule has 8 nitrogen and oxygen atoms in total. The molecule has 1 aliphatic heterocycles. The largest absolute Gasteiger partial charge is 0.503 e. The number of phenolic OH excluding ortho intramolecular Hbond substituents is 1. The number of methoxy groups -OCH3 is 1. The van der Waals surface area contributed by atoms with Gasteiger partial charge in [-0.25, -0.2) is 5.43 Å². The van der Waals surface area contributed by atoms with E-state index in [0.717, 1.165) is 42.8 Å². The average molecular weight is 547 g/mol. The number of carbonyl (C=O) groups excluding carboxylic acids is 1. The molecule has 0 atom stereocenters. The number of rotatable bonds is 7. The summed E-state index contributed by atoms with van der Waals surface area (Å²) in [5, 5.41) is 15.7. The highest BCUT2D eigenvalue weighted by molar-refractivity contribution is 9.10. The van der Waals surface area contributed by atoms with Gasteiger partial charge in [0.1, 0.15) is 0 Å². The minimum absolute atomic E-state index is 0.0188. The summed E-state index contributed by atoms with van der Waals surface area (Å²) < 4.78 is 5.60. The van der Waals surface area contributed by atoms with Crippen molar-refractivity contribution in [3.63, 3.8) is 0 Å². The molecule has 0 unspecified atom stereocenters. The molecule has 1 amide bonds. The number of hydrogen-bond acceptors (Lipinski definition) is 7. The smallest absolute Gasteiger partial charge is 0.241 e. The van der Waals surface area contributed by atoms with Crippen LogP contribution in [0, 0.1) is 0 Å². The van der Waals surface area contributed by atoms with Gasteiger partial charge in [-0.1, -0.05) is 11.6 Å². The maximum atomic E-state index is 12.2. The topological polar surface area (TPSA) is 90.3 Å². The third-order valence-electron chi connectivity index (χ3n) is 5.72. The number of piperazine rings is 1. The predicted molar refractivity (Wildman–Crippen MR) is 138 cm³/mol. The van der Waals surface area contributed by atoms with Crippen molar-refractivity contribution in [2.45, 2.75) is 6.42 Å².